The molecule has 1 aromatic carbocycles. The number of amides is 3. The molecule has 0 saturated heterocycles. The second-order valence-electron chi connectivity index (χ2n) is 7.08. The molecule has 29 heavy (non-hydrogen) atoms. The van der Waals surface area contributed by atoms with Crippen molar-refractivity contribution in [1.82, 2.24) is 10.6 Å². The van der Waals surface area contributed by atoms with Crippen LogP contribution in [0.5, 0.6) is 0 Å². The second kappa shape index (κ2) is 11.3. The largest absolute Gasteiger partial charge is 1.00 e. The van der Waals surface area contributed by atoms with Gasteiger partial charge in [-0.3, -0.25) is 14.4 Å². The van der Waals surface area contributed by atoms with E-state index in [2.05, 4.69) is 10.6 Å². The van der Waals surface area contributed by atoms with Gasteiger partial charge in [0.05, 0.1) is 0 Å². The van der Waals surface area contributed by atoms with Gasteiger partial charge in [0, 0.05) is 11.6 Å². The van der Waals surface area contributed by atoms with Gasteiger partial charge < -0.3 is 33.3 Å². The fraction of sp³-hybridized carbons (Fsp3) is 0.333. The van der Waals surface area contributed by atoms with E-state index in [0.717, 1.165) is 5.56 Å². The van der Waals surface area contributed by atoms with Crippen LogP contribution < -0.4 is 37.9 Å². The number of aromatic nitrogens is 1. The number of nitrogens with zero attached hydrogens (tertiary/aromatic N) is 1. The number of hydrogen-bond donors (Lipinski definition) is 3. The van der Waals surface area contributed by atoms with Crippen molar-refractivity contribution in [3.05, 3.63) is 66.0 Å². The monoisotopic (exact) mass is 462 g/mol. The van der Waals surface area contributed by atoms with Gasteiger partial charge in [0.15, 0.2) is 18.9 Å². The van der Waals surface area contributed by atoms with E-state index in [1.807, 2.05) is 54.9 Å². The Hall–Kier alpha value is -2.74. The normalized spacial score (nSPS) is 12.4. The first-order chi connectivity index (χ1) is 13.3. The third-order valence-corrected chi connectivity index (χ3v) is 4.35. The maximum atomic E-state index is 12.7. The Morgan fingerprint density at radius 3 is 2.24 bits per heavy atom. The van der Waals surface area contributed by atoms with Crippen molar-refractivity contribution in [3.63, 3.8) is 0 Å². The van der Waals surface area contributed by atoms with Crippen LogP contribution in [-0.2, 0) is 16.1 Å². The Morgan fingerprint density at radius 1 is 1.00 bits per heavy atom. The van der Waals surface area contributed by atoms with E-state index < -0.39 is 23.9 Å². The average molecular weight is 463 g/mol. The molecule has 0 saturated carbocycles. The van der Waals surface area contributed by atoms with Crippen LogP contribution in [0, 0.1) is 5.92 Å². The lowest BCUT2D eigenvalue weighted by atomic mass is 10.0. The summed E-state index contributed by atoms with van der Waals surface area (Å²) in [5, 5.41) is 5.28. The van der Waals surface area contributed by atoms with Crippen molar-refractivity contribution < 1.29 is 35.9 Å². The standard InChI is InChI=1S/C21H26N4O3.BrH/c1-14(2)18(21(28)23-15(3)19(22)26)24-20(27)17-10-7-11-25(13-17)12-16-8-5-4-6-9-16;/h4-11,13-15,18H,12H2,1-3H3,(H3-,22,23,24,26,27,28);1H. The Balaban J connectivity index is 0.00000420. The van der Waals surface area contributed by atoms with Gasteiger partial charge >= 0.3 is 0 Å². The fourth-order valence-electron chi connectivity index (χ4n) is 2.68. The lowest BCUT2D eigenvalue weighted by Gasteiger charge is -2.23. The number of hydrogen-bond acceptors (Lipinski definition) is 3. The van der Waals surface area contributed by atoms with Gasteiger partial charge in [-0.2, -0.15) is 4.57 Å². The molecule has 2 aromatic rings. The summed E-state index contributed by atoms with van der Waals surface area (Å²) in [6.07, 6.45) is 3.62. The summed E-state index contributed by atoms with van der Waals surface area (Å²) in [6, 6.07) is 11.8. The molecule has 2 rings (SSSR count). The zero-order valence-corrected chi connectivity index (χ0v) is 18.3. The minimum absolute atomic E-state index is 0. The Labute approximate surface area is 181 Å². The molecule has 156 valence electrons. The van der Waals surface area contributed by atoms with Crippen molar-refractivity contribution in [3.8, 4) is 0 Å². The Bertz CT molecular complexity index is 843. The lowest BCUT2D eigenvalue weighted by Crippen LogP contribution is -3.00. The van der Waals surface area contributed by atoms with E-state index in [0.29, 0.717) is 12.1 Å². The molecule has 0 bridgehead atoms. The summed E-state index contributed by atoms with van der Waals surface area (Å²) < 4.78 is 1.91. The molecule has 0 aliphatic carbocycles. The number of benzene rings is 1. The molecule has 0 radical (unpaired) electrons. The predicted octanol–water partition coefficient (Wildman–Crippen LogP) is -2.23. The van der Waals surface area contributed by atoms with Crippen molar-refractivity contribution >= 4 is 17.7 Å². The maximum absolute atomic E-state index is 12.7. The zero-order chi connectivity index (χ0) is 20.7. The number of carbonyl (C=O) groups excluding carboxylic acids is 3. The van der Waals surface area contributed by atoms with E-state index >= 15 is 0 Å². The Kier molecular flexibility index (Phi) is 9.47. The third-order valence-electron chi connectivity index (χ3n) is 4.35. The molecule has 4 N–H and O–H groups in total. The SMILES string of the molecule is CC(NC(=O)C(NC(=O)c1ccc[n+](Cc2ccccc2)c1)C(C)C)C(N)=O.[Br-]. The number of nitrogens with two attached hydrogens (primary N) is 1. The minimum atomic E-state index is -0.810. The van der Waals surface area contributed by atoms with Crippen molar-refractivity contribution in [2.45, 2.75) is 39.4 Å². The zero-order valence-electron chi connectivity index (χ0n) is 16.8. The minimum Gasteiger partial charge on any atom is -1.00 e. The number of carbonyl (C=O) groups is 3. The van der Waals surface area contributed by atoms with Gasteiger partial charge in [0.25, 0.3) is 5.91 Å². The van der Waals surface area contributed by atoms with Gasteiger partial charge in [-0.25, -0.2) is 0 Å². The van der Waals surface area contributed by atoms with Crippen LogP contribution in [0.3, 0.4) is 0 Å². The summed E-state index contributed by atoms with van der Waals surface area (Å²) >= 11 is 0. The molecule has 2 unspecified atom stereocenters. The van der Waals surface area contributed by atoms with Crippen molar-refractivity contribution in [2.24, 2.45) is 11.7 Å². The highest BCUT2D eigenvalue weighted by Gasteiger charge is 2.27. The molecule has 7 nitrogen and oxygen atoms in total. The number of nitrogens with one attached hydrogen (secondary N) is 2. The van der Waals surface area contributed by atoms with Gasteiger partial charge in [-0.15, -0.1) is 0 Å². The second-order valence-corrected chi connectivity index (χ2v) is 7.08. The van der Waals surface area contributed by atoms with Crippen LogP contribution in [0.15, 0.2) is 54.9 Å². The molecule has 0 spiro atoms. The molecule has 1 heterocycles. The van der Waals surface area contributed by atoms with Crippen LogP contribution in [0.4, 0.5) is 0 Å². The summed E-state index contributed by atoms with van der Waals surface area (Å²) in [5.74, 6) is -1.60. The molecule has 0 aliphatic heterocycles. The van der Waals surface area contributed by atoms with E-state index in [9.17, 15) is 14.4 Å². The van der Waals surface area contributed by atoms with E-state index in [-0.39, 0.29) is 28.8 Å². The smallest absolute Gasteiger partial charge is 0.258 e. The predicted molar refractivity (Wildman–Crippen MR) is 105 cm³/mol. The summed E-state index contributed by atoms with van der Waals surface area (Å²) in [7, 11) is 0. The molecule has 8 heteroatoms. The van der Waals surface area contributed by atoms with E-state index in [1.54, 1.807) is 18.3 Å². The van der Waals surface area contributed by atoms with Crippen molar-refractivity contribution in [1.29, 1.82) is 0 Å². The Morgan fingerprint density at radius 2 is 1.66 bits per heavy atom. The van der Waals surface area contributed by atoms with Crippen LogP contribution in [0.1, 0.15) is 36.7 Å². The topological polar surface area (TPSA) is 105 Å². The summed E-state index contributed by atoms with van der Waals surface area (Å²) in [4.78, 5) is 36.3. The van der Waals surface area contributed by atoms with E-state index in [1.165, 1.54) is 6.92 Å². The highest BCUT2D eigenvalue weighted by Crippen LogP contribution is 2.05. The highest BCUT2D eigenvalue weighted by atomic mass is 79.9. The maximum Gasteiger partial charge on any atom is 0.258 e. The average Bonchev–Trinajstić information content (AvgIpc) is 2.66. The summed E-state index contributed by atoms with van der Waals surface area (Å²) in [6.45, 7) is 5.77. The van der Waals surface area contributed by atoms with Crippen LogP contribution in [0.25, 0.3) is 0 Å². The number of pyridine rings is 1. The summed E-state index contributed by atoms with van der Waals surface area (Å²) in [5.41, 5.74) is 6.75. The van der Waals surface area contributed by atoms with Gasteiger partial charge in [0.1, 0.15) is 17.6 Å². The molecule has 0 fully saturated rings. The highest BCUT2D eigenvalue weighted by molar-refractivity contribution is 5.98. The quantitative estimate of drug-likeness (QED) is 0.386. The van der Waals surface area contributed by atoms with Gasteiger partial charge in [-0.1, -0.05) is 44.2 Å². The fourth-order valence-corrected chi connectivity index (χ4v) is 2.68. The first-order valence-corrected chi connectivity index (χ1v) is 9.21. The van der Waals surface area contributed by atoms with E-state index in [4.69, 9.17) is 5.73 Å². The van der Waals surface area contributed by atoms with Gasteiger partial charge in [-0.05, 0) is 18.9 Å². The van der Waals surface area contributed by atoms with Gasteiger partial charge in [0.2, 0.25) is 11.8 Å². The number of halogens is 1. The number of primary amides is 1. The molecular weight excluding hydrogens is 436 g/mol. The third kappa shape index (κ3) is 7.30. The molecule has 0 aliphatic rings. The number of rotatable bonds is 8. The van der Waals surface area contributed by atoms with Crippen LogP contribution >= 0.6 is 0 Å². The molecular formula is C21H27BrN4O3. The van der Waals surface area contributed by atoms with Crippen LogP contribution in [0.2, 0.25) is 0 Å². The lowest BCUT2D eigenvalue weighted by molar-refractivity contribution is -0.688. The molecule has 2 atom stereocenters. The molecule has 3 amide bonds. The first kappa shape index (κ1) is 24.3. The van der Waals surface area contributed by atoms with Crippen molar-refractivity contribution in [2.75, 3.05) is 0 Å². The molecule has 1 aromatic heterocycles. The van der Waals surface area contributed by atoms with Crippen LogP contribution in [-0.4, -0.2) is 29.8 Å². The first-order valence-electron chi connectivity index (χ1n) is 9.21.